The summed E-state index contributed by atoms with van der Waals surface area (Å²) < 4.78 is 11.4. The molecule has 0 radical (unpaired) electrons. The topological polar surface area (TPSA) is 84.9 Å². The van der Waals surface area contributed by atoms with Crippen molar-refractivity contribution in [3.63, 3.8) is 0 Å². The number of urea groups is 1. The Hall–Kier alpha value is -2.54. The van der Waals surface area contributed by atoms with Crippen molar-refractivity contribution in [2.24, 2.45) is 0 Å². The normalized spacial score (nSPS) is 19.3. The first kappa shape index (κ1) is 21.2. The third-order valence-corrected chi connectivity index (χ3v) is 5.10. The molecule has 4 amide bonds. The van der Waals surface area contributed by atoms with E-state index in [2.05, 4.69) is 5.32 Å². The molecule has 1 aliphatic heterocycles. The van der Waals surface area contributed by atoms with Gasteiger partial charge in [0.25, 0.3) is 11.8 Å². The molecular weight excluding hydrogens is 396 g/mol. The Morgan fingerprint density at radius 3 is 2.55 bits per heavy atom. The zero-order chi connectivity index (χ0) is 21.1. The van der Waals surface area contributed by atoms with Crippen molar-refractivity contribution in [1.82, 2.24) is 10.2 Å². The Bertz CT molecular complexity index is 859. The second-order valence-corrected chi connectivity index (χ2v) is 7.77. The van der Waals surface area contributed by atoms with E-state index >= 15 is 0 Å². The van der Waals surface area contributed by atoms with Crippen molar-refractivity contribution in [2.45, 2.75) is 58.6 Å². The van der Waals surface area contributed by atoms with Crippen LogP contribution in [0.25, 0.3) is 6.08 Å². The Balaban J connectivity index is 1.97. The third kappa shape index (κ3) is 4.56. The molecule has 1 aromatic carbocycles. The Morgan fingerprint density at radius 2 is 1.93 bits per heavy atom. The van der Waals surface area contributed by atoms with Crippen LogP contribution in [0.1, 0.15) is 52.0 Å². The number of halogens is 1. The van der Waals surface area contributed by atoms with Crippen LogP contribution in [0.4, 0.5) is 4.79 Å². The van der Waals surface area contributed by atoms with Gasteiger partial charge in [-0.3, -0.25) is 19.8 Å². The molecule has 0 bridgehead atoms. The SMILES string of the molecule is CCOc1cc(/C=C2\C(=O)NC(=O)N(C3CCCC3)C2=O)cc(Cl)c1OC(C)C. The van der Waals surface area contributed by atoms with Gasteiger partial charge in [-0.05, 0) is 57.4 Å². The van der Waals surface area contributed by atoms with E-state index in [1.165, 1.54) is 11.0 Å². The number of hydrogen-bond acceptors (Lipinski definition) is 5. The fourth-order valence-electron chi connectivity index (χ4n) is 3.62. The monoisotopic (exact) mass is 420 g/mol. The minimum absolute atomic E-state index is 0.104. The summed E-state index contributed by atoms with van der Waals surface area (Å²) in [6, 6.07) is 2.43. The Labute approximate surface area is 175 Å². The first-order valence-electron chi connectivity index (χ1n) is 9.85. The lowest BCUT2D eigenvalue weighted by Crippen LogP contribution is -2.57. The van der Waals surface area contributed by atoms with Gasteiger partial charge in [0, 0.05) is 6.04 Å². The lowest BCUT2D eigenvalue weighted by Gasteiger charge is -2.31. The number of barbiturate groups is 1. The Morgan fingerprint density at radius 1 is 1.24 bits per heavy atom. The van der Waals surface area contributed by atoms with Crippen molar-refractivity contribution < 1.29 is 23.9 Å². The van der Waals surface area contributed by atoms with Crippen LogP contribution in [0.3, 0.4) is 0 Å². The molecule has 0 aromatic heterocycles. The van der Waals surface area contributed by atoms with Crippen LogP contribution in [-0.2, 0) is 9.59 Å². The molecule has 3 rings (SSSR count). The second kappa shape index (κ2) is 8.86. The lowest BCUT2D eigenvalue weighted by molar-refractivity contribution is -0.131. The number of ether oxygens (including phenoxy) is 2. The zero-order valence-corrected chi connectivity index (χ0v) is 17.5. The number of nitrogens with zero attached hydrogens (tertiary/aromatic N) is 1. The smallest absolute Gasteiger partial charge is 0.331 e. The highest BCUT2D eigenvalue weighted by Gasteiger charge is 2.40. The van der Waals surface area contributed by atoms with Gasteiger partial charge in [0.1, 0.15) is 5.57 Å². The molecule has 29 heavy (non-hydrogen) atoms. The molecule has 1 N–H and O–H groups in total. The van der Waals surface area contributed by atoms with Crippen LogP contribution in [0, 0.1) is 0 Å². The molecule has 8 heteroatoms. The van der Waals surface area contributed by atoms with Gasteiger partial charge in [-0.25, -0.2) is 4.79 Å². The van der Waals surface area contributed by atoms with E-state index in [1.54, 1.807) is 12.1 Å². The summed E-state index contributed by atoms with van der Waals surface area (Å²) in [7, 11) is 0. The minimum atomic E-state index is -0.717. The number of imide groups is 2. The van der Waals surface area contributed by atoms with E-state index < -0.39 is 17.8 Å². The number of amides is 4. The van der Waals surface area contributed by atoms with E-state index in [0.717, 1.165) is 25.7 Å². The molecule has 0 unspecified atom stereocenters. The summed E-state index contributed by atoms with van der Waals surface area (Å²) in [5.74, 6) is -0.464. The van der Waals surface area contributed by atoms with Crippen molar-refractivity contribution in [2.75, 3.05) is 6.61 Å². The maximum absolute atomic E-state index is 12.9. The fourth-order valence-corrected chi connectivity index (χ4v) is 3.88. The third-order valence-electron chi connectivity index (χ3n) is 4.82. The molecule has 2 aliphatic rings. The van der Waals surface area contributed by atoms with E-state index in [9.17, 15) is 14.4 Å². The molecule has 156 valence electrons. The average Bonchev–Trinajstić information content (AvgIpc) is 3.15. The number of rotatable bonds is 6. The van der Waals surface area contributed by atoms with Gasteiger partial charge in [0.2, 0.25) is 0 Å². The van der Waals surface area contributed by atoms with Gasteiger partial charge in [0.15, 0.2) is 11.5 Å². The molecule has 7 nitrogen and oxygen atoms in total. The van der Waals surface area contributed by atoms with Crippen LogP contribution in [0.15, 0.2) is 17.7 Å². The van der Waals surface area contributed by atoms with E-state index in [1.807, 2.05) is 20.8 Å². The van der Waals surface area contributed by atoms with Gasteiger partial charge in [0.05, 0.1) is 17.7 Å². The zero-order valence-electron chi connectivity index (χ0n) is 16.8. The number of carbonyl (C=O) groups excluding carboxylic acids is 3. The number of carbonyl (C=O) groups is 3. The maximum atomic E-state index is 12.9. The highest BCUT2D eigenvalue weighted by molar-refractivity contribution is 6.33. The number of benzene rings is 1. The maximum Gasteiger partial charge on any atom is 0.331 e. The predicted octanol–water partition coefficient (Wildman–Crippen LogP) is 3.93. The second-order valence-electron chi connectivity index (χ2n) is 7.36. The summed E-state index contributed by atoms with van der Waals surface area (Å²) in [6.07, 6.45) is 4.75. The molecular formula is C21H25ClN2O5. The first-order valence-corrected chi connectivity index (χ1v) is 10.2. The molecule has 0 spiro atoms. The fraction of sp³-hybridized carbons (Fsp3) is 0.476. The van der Waals surface area contributed by atoms with Crippen molar-refractivity contribution in [3.8, 4) is 11.5 Å². The first-order chi connectivity index (χ1) is 13.8. The molecule has 2 fully saturated rings. The quantitative estimate of drug-likeness (QED) is 0.556. The van der Waals surface area contributed by atoms with E-state index in [0.29, 0.717) is 28.7 Å². The van der Waals surface area contributed by atoms with Crippen LogP contribution in [-0.4, -0.2) is 41.5 Å². The van der Waals surface area contributed by atoms with Crippen LogP contribution >= 0.6 is 11.6 Å². The van der Waals surface area contributed by atoms with Crippen LogP contribution in [0.5, 0.6) is 11.5 Å². The number of hydrogen-bond donors (Lipinski definition) is 1. The van der Waals surface area contributed by atoms with Crippen molar-refractivity contribution in [1.29, 1.82) is 0 Å². The highest BCUT2D eigenvalue weighted by Crippen LogP contribution is 2.38. The van der Waals surface area contributed by atoms with Crippen molar-refractivity contribution >= 4 is 35.5 Å². The molecule has 1 aromatic rings. The number of nitrogens with one attached hydrogen (secondary N) is 1. The lowest BCUT2D eigenvalue weighted by atomic mass is 10.0. The predicted molar refractivity (Wildman–Crippen MR) is 109 cm³/mol. The molecule has 1 heterocycles. The summed E-state index contributed by atoms with van der Waals surface area (Å²) >= 11 is 6.38. The average molecular weight is 421 g/mol. The van der Waals surface area contributed by atoms with Gasteiger partial charge >= 0.3 is 6.03 Å². The highest BCUT2D eigenvalue weighted by atomic mass is 35.5. The van der Waals surface area contributed by atoms with E-state index in [4.69, 9.17) is 21.1 Å². The Kier molecular flexibility index (Phi) is 6.47. The summed E-state index contributed by atoms with van der Waals surface area (Å²) in [4.78, 5) is 38.7. The summed E-state index contributed by atoms with van der Waals surface area (Å²) in [5.41, 5.74) is 0.404. The summed E-state index contributed by atoms with van der Waals surface area (Å²) in [5, 5.41) is 2.58. The van der Waals surface area contributed by atoms with Gasteiger partial charge in [-0.2, -0.15) is 0 Å². The van der Waals surface area contributed by atoms with Gasteiger partial charge in [-0.15, -0.1) is 0 Å². The minimum Gasteiger partial charge on any atom is -0.490 e. The van der Waals surface area contributed by atoms with Crippen LogP contribution < -0.4 is 14.8 Å². The summed E-state index contributed by atoms with van der Waals surface area (Å²) in [6.45, 7) is 5.98. The van der Waals surface area contributed by atoms with Gasteiger partial charge < -0.3 is 9.47 Å². The molecule has 0 atom stereocenters. The van der Waals surface area contributed by atoms with Gasteiger partial charge in [-0.1, -0.05) is 24.4 Å². The largest absolute Gasteiger partial charge is 0.490 e. The molecule has 1 saturated heterocycles. The molecule has 1 aliphatic carbocycles. The van der Waals surface area contributed by atoms with Crippen molar-refractivity contribution in [3.05, 3.63) is 28.3 Å². The van der Waals surface area contributed by atoms with E-state index in [-0.39, 0.29) is 17.7 Å². The molecule has 1 saturated carbocycles. The van der Waals surface area contributed by atoms with Crippen LogP contribution in [0.2, 0.25) is 5.02 Å². The standard InChI is InChI=1S/C21H25ClN2O5/c1-4-28-17-11-13(10-16(22)18(17)29-12(2)3)9-15-19(25)23-21(27)24(20(15)26)14-7-5-6-8-14/h9-12,14H,4-8H2,1-3H3,(H,23,25,27)/b15-9+.